The average molecular weight is 264 g/mol. The van der Waals surface area contributed by atoms with Crippen LogP contribution in [0.15, 0.2) is 22.8 Å². The first-order chi connectivity index (χ1) is 9.06. The summed E-state index contributed by atoms with van der Waals surface area (Å²) in [6, 6.07) is 3.49. The van der Waals surface area contributed by atoms with Crippen LogP contribution < -0.4 is 5.32 Å². The number of rotatable bonds is 5. The first-order valence-corrected chi connectivity index (χ1v) is 6.21. The van der Waals surface area contributed by atoms with Crippen LogP contribution in [0, 0.1) is 0 Å². The van der Waals surface area contributed by atoms with Gasteiger partial charge in [0.05, 0.1) is 6.26 Å². The fourth-order valence-corrected chi connectivity index (χ4v) is 2.04. The molecule has 2 rings (SSSR count). The molecule has 0 radical (unpaired) electrons. The Morgan fingerprint density at radius 3 is 2.68 bits per heavy atom. The number of hydrogen-bond donors (Lipinski definition) is 1. The van der Waals surface area contributed by atoms with E-state index >= 15 is 0 Å². The molecule has 1 saturated heterocycles. The predicted molar refractivity (Wildman–Crippen MR) is 66.0 cm³/mol. The molecule has 2 heterocycles. The Labute approximate surface area is 110 Å². The Hall–Kier alpha value is -2.11. The van der Waals surface area contributed by atoms with Crippen LogP contribution in [0.4, 0.5) is 0 Å². The van der Waals surface area contributed by atoms with E-state index in [0.717, 1.165) is 10.7 Å². The van der Waals surface area contributed by atoms with E-state index in [9.17, 15) is 14.4 Å². The molecule has 0 spiro atoms. The second-order valence-corrected chi connectivity index (χ2v) is 4.63. The molecule has 1 aromatic heterocycles. The highest BCUT2D eigenvalue weighted by atomic mass is 16.3. The van der Waals surface area contributed by atoms with E-state index in [1.54, 1.807) is 12.3 Å². The largest absolute Gasteiger partial charge is 0.469 e. The lowest BCUT2D eigenvalue weighted by atomic mass is 10.2. The summed E-state index contributed by atoms with van der Waals surface area (Å²) in [6.07, 6.45) is 2.55. The van der Waals surface area contributed by atoms with Crippen LogP contribution in [0.3, 0.4) is 0 Å². The summed E-state index contributed by atoms with van der Waals surface area (Å²) in [7, 11) is 0. The maximum absolute atomic E-state index is 11.7. The van der Waals surface area contributed by atoms with Gasteiger partial charge in [0.25, 0.3) is 0 Å². The molecule has 1 aromatic rings. The Balaban J connectivity index is 1.80. The molecule has 1 aliphatic heterocycles. The van der Waals surface area contributed by atoms with Crippen molar-refractivity contribution in [1.82, 2.24) is 10.2 Å². The van der Waals surface area contributed by atoms with Gasteiger partial charge in [-0.05, 0) is 19.1 Å². The molecule has 1 fully saturated rings. The SMILES string of the molecule is CC(Cc1ccco1)NC(=O)CN1C(=O)CCC1=O. The molecule has 0 aromatic carbocycles. The maximum Gasteiger partial charge on any atom is 0.240 e. The summed E-state index contributed by atoms with van der Waals surface area (Å²) in [5.74, 6) is -0.110. The van der Waals surface area contributed by atoms with Gasteiger partial charge in [0.1, 0.15) is 12.3 Å². The van der Waals surface area contributed by atoms with Gasteiger partial charge in [-0.2, -0.15) is 0 Å². The van der Waals surface area contributed by atoms with Gasteiger partial charge >= 0.3 is 0 Å². The number of carbonyl (C=O) groups excluding carboxylic acids is 3. The van der Waals surface area contributed by atoms with Gasteiger partial charge in [-0.3, -0.25) is 19.3 Å². The van der Waals surface area contributed by atoms with Crippen LogP contribution >= 0.6 is 0 Å². The molecule has 0 saturated carbocycles. The zero-order chi connectivity index (χ0) is 13.8. The van der Waals surface area contributed by atoms with Gasteiger partial charge in [-0.25, -0.2) is 0 Å². The lowest BCUT2D eigenvalue weighted by Crippen LogP contribution is -2.43. The molecular formula is C13H16N2O4. The fourth-order valence-electron chi connectivity index (χ4n) is 2.04. The Morgan fingerprint density at radius 2 is 2.11 bits per heavy atom. The van der Waals surface area contributed by atoms with Crippen LogP contribution in [-0.4, -0.2) is 35.2 Å². The number of nitrogens with one attached hydrogen (secondary N) is 1. The van der Waals surface area contributed by atoms with E-state index in [1.165, 1.54) is 0 Å². The summed E-state index contributed by atoms with van der Waals surface area (Å²) in [4.78, 5) is 35.5. The van der Waals surface area contributed by atoms with Gasteiger partial charge < -0.3 is 9.73 Å². The van der Waals surface area contributed by atoms with Crippen molar-refractivity contribution in [3.8, 4) is 0 Å². The molecule has 1 atom stereocenters. The van der Waals surface area contributed by atoms with Gasteiger partial charge in [0.2, 0.25) is 17.7 Å². The molecule has 19 heavy (non-hydrogen) atoms. The van der Waals surface area contributed by atoms with E-state index in [2.05, 4.69) is 5.32 Å². The van der Waals surface area contributed by atoms with E-state index in [1.807, 2.05) is 13.0 Å². The van der Waals surface area contributed by atoms with Crippen molar-refractivity contribution < 1.29 is 18.8 Å². The van der Waals surface area contributed by atoms with Crippen LogP contribution in [0.2, 0.25) is 0 Å². The Bertz CT molecular complexity index is 465. The lowest BCUT2D eigenvalue weighted by Gasteiger charge is -2.16. The summed E-state index contributed by atoms with van der Waals surface area (Å²) in [5, 5.41) is 2.74. The van der Waals surface area contributed by atoms with E-state index < -0.39 is 0 Å². The normalized spacial score (nSPS) is 16.8. The van der Waals surface area contributed by atoms with Crippen LogP contribution in [-0.2, 0) is 20.8 Å². The summed E-state index contributed by atoms with van der Waals surface area (Å²) in [5.41, 5.74) is 0. The highest BCUT2D eigenvalue weighted by molar-refractivity contribution is 6.04. The van der Waals surface area contributed by atoms with Crippen molar-refractivity contribution >= 4 is 17.7 Å². The topological polar surface area (TPSA) is 79.6 Å². The highest BCUT2D eigenvalue weighted by Gasteiger charge is 2.30. The highest BCUT2D eigenvalue weighted by Crippen LogP contribution is 2.11. The van der Waals surface area contributed by atoms with Crippen molar-refractivity contribution in [2.24, 2.45) is 0 Å². The first-order valence-electron chi connectivity index (χ1n) is 6.21. The third kappa shape index (κ3) is 3.43. The van der Waals surface area contributed by atoms with E-state index in [4.69, 9.17) is 4.42 Å². The van der Waals surface area contributed by atoms with Crippen LogP contribution in [0.5, 0.6) is 0 Å². The minimum absolute atomic E-state index is 0.119. The van der Waals surface area contributed by atoms with Crippen molar-refractivity contribution in [2.75, 3.05) is 6.54 Å². The van der Waals surface area contributed by atoms with E-state index in [0.29, 0.717) is 6.42 Å². The number of imide groups is 1. The number of furan rings is 1. The quantitative estimate of drug-likeness (QED) is 0.784. The lowest BCUT2D eigenvalue weighted by molar-refractivity contribution is -0.142. The van der Waals surface area contributed by atoms with Crippen molar-refractivity contribution in [3.05, 3.63) is 24.2 Å². The molecule has 3 amide bonds. The fraction of sp³-hybridized carbons (Fsp3) is 0.462. The number of amides is 3. The summed E-state index contributed by atoms with van der Waals surface area (Å²) >= 11 is 0. The Morgan fingerprint density at radius 1 is 1.42 bits per heavy atom. The second-order valence-electron chi connectivity index (χ2n) is 4.63. The van der Waals surface area contributed by atoms with Gasteiger partial charge in [-0.1, -0.05) is 0 Å². The zero-order valence-corrected chi connectivity index (χ0v) is 10.7. The van der Waals surface area contributed by atoms with Crippen molar-refractivity contribution in [1.29, 1.82) is 0 Å². The number of carbonyl (C=O) groups is 3. The smallest absolute Gasteiger partial charge is 0.240 e. The molecule has 0 aliphatic carbocycles. The average Bonchev–Trinajstić information content (AvgIpc) is 2.94. The molecule has 1 aliphatic rings. The monoisotopic (exact) mass is 264 g/mol. The first kappa shape index (κ1) is 13.3. The second kappa shape index (κ2) is 5.69. The predicted octanol–water partition coefficient (Wildman–Crippen LogP) is 0.476. The molecule has 1 N–H and O–H groups in total. The van der Waals surface area contributed by atoms with Gasteiger partial charge in [-0.15, -0.1) is 0 Å². The van der Waals surface area contributed by atoms with E-state index in [-0.39, 0.29) is 43.1 Å². The molecule has 1 unspecified atom stereocenters. The van der Waals surface area contributed by atoms with Crippen molar-refractivity contribution in [3.63, 3.8) is 0 Å². The molecular weight excluding hydrogens is 248 g/mol. The molecule has 6 heteroatoms. The third-order valence-electron chi connectivity index (χ3n) is 2.95. The minimum atomic E-state index is -0.331. The number of hydrogen-bond acceptors (Lipinski definition) is 4. The molecule has 0 bridgehead atoms. The molecule has 102 valence electrons. The van der Waals surface area contributed by atoms with Crippen LogP contribution in [0.25, 0.3) is 0 Å². The summed E-state index contributed by atoms with van der Waals surface area (Å²) in [6.45, 7) is 1.65. The van der Waals surface area contributed by atoms with Crippen molar-refractivity contribution in [2.45, 2.75) is 32.2 Å². The summed E-state index contributed by atoms with van der Waals surface area (Å²) < 4.78 is 5.18. The third-order valence-corrected chi connectivity index (χ3v) is 2.95. The maximum atomic E-state index is 11.7. The van der Waals surface area contributed by atoms with Gasteiger partial charge in [0, 0.05) is 25.3 Å². The van der Waals surface area contributed by atoms with Gasteiger partial charge in [0.15, 0.2) is 0 Å². The number of nitrogens with zero attached hydrogens (tertiary/aromatic N) is 1. The van der Waals surface area contributed by atoms with Crippen LogP contribution in [0.1, 0.15) is 25.5 Å². The number of likely N-dealkylation sites (tertiary alicyclic amines) is 1. The zero-order valence-electron chi connectivity index (χ0n) is 10.7. The standard InChI is InChI=1S/C13H16N2O4/c1-9(7-10-3-2-6-19-10)14-11(16)8-15-12(17)4-5-13(15)18/h2-3,6,9H,4-5,7-8H2,1H3,(H,14,16). The molecule has 6 nitrogen and oxygen atoms in total. The minimum Gasteiger partial charge on any atom is -0.469 e. The Kier molecular flexibility index (Phi) is 3.99.